The van der Waals surface area contributed by atoms with Crippen LogP contribution in [0.1, 0.15) is 25.3 Å². The first-order chi connectivity index (χ1) is 8.52. The minimum atomic E-state index is -0.612. The summed E-state index contributed by atoms with van der Waals surface area (Å²) in [6.45, 7) is 2.27. The van der Waals surface area contributed by atoms with Crippen LogP contribution in [0.3, 0.4) is 0 Å². The van der Waals surface area contributed by atoms with E-state index in [1.165, 1.54) is 12.1 Å². The predicted molar refractivity (Wildman–Crippen MR) is 66.0 cm³/mol. The molecule has 0 aliphatic carbocycles. The van der Waals surface area contributed by atoms with E-state index in [2.05, 4.69) is 5.32 Å². The second-order valence-electron chi connectivity index (χ2n) is 4.21. The molecular weight excluding hydrogens is 238 g/mol. The average Bonchev–Trinajstić information content (AvgIpc) is 2.27. The van der Waals surface area contributed by atoms with Gasteiger partial charge in [0.05, 0.1) is 6.04 Å². The van der Waals surface area contributed by atoms with Crippen molar-refractivity contribution in [2.24, 2.45) is 5.73 Å². The lowest BCUT2D eigenvalue weighted by atomic mass is 10.1. The Balaban J connectivity index is 2.39. The maximum absolute atomic E-state index is 12.9. The van der Waals surface area contributed by atoms with Gasteiger partial charge in [-0.15, -0.1) is 0 Å². The minimum absolute atomic E-state index is 0.228. The molecule has 0 saturated carbocycles. The molecule has 1 rings (SSSR count). The number of halogens is 2. The zero-order valence-corrected chi connectivity index (χ0v) is 10.4. The van der Waals surface area contributed by atoms with Gasteiger partial charge in [-0.05, 0) is 30.5 Å². The molecule has 1 amide bonds. The number of rotatable bonds is 6. The second-order valence-corrected chi connectivity index (χ2v) is 4.21. The van der Waals surface area contributed by atoms with E-state index < -0.39 is 17.7 Å². The smallest absolute Gasteiger partial charge is 0.236 e. The molecule has 0 aliphatic heterocycles. The molecule has 18 heavy (non-hydrogen) atoms. The van der Waals surface area contributed by atoms with Crippen LogP contribution in [0, 0.1) is 11.6 Å². The molecule has 100 valence electrons. The SMILES string of the molecule is CCCC(N)C(=O)NCCc1cc(F)cc(F)c1. The fourth-order valence-corrected chi connectivity index (χ4v) is 1.66. The largest absolute Gasteiger partial charge is 0.354 e. The van der Waals surface area contributed by atoms with Gasteiger partial charge in [0.25, 0.3) is 0 Å². The molecule has 0 heterocycles. The van der Waals surface area contributed by atoms with Crippen molar-refractivity contribution in [3.05, 3.63) is 35.4 Å². The molecule has 0 radical (unpaired) electrons. The highest BCUT2D eigenvalue weighted by Gasteiger charge is 2.11. The first kappa shape index (κ1) is 14.6. The van der Waals surface area contributed by atoms with Crippen molar-refractivity contribution in [2.45, 2.75) is 32.2 Å². The minimum Gasteiger partial charge on any atom is -0.354 e. The van der Waals surface area contributed by atoms with Gasteiger partial charge in [0.1, 0.15) is 11.6 Å². The van der Waals surface area contributed by atoms with Crippen molar-refractivity contribution in [2.75, 3.05) is 6.54 Å². The van der Waals surface area contributed by atoms with Gasteiger partial charge in [0.15, 0.2) is 0 Å². The van der Waals surface area contributed by atoms with Gasteiger partial charge in [-0.3, -0.25) is 4.79 Å². The lowest BCUT2D eigenvalue weighted by Crippen LogP contribution is -2.41. The lowest BCUT2D eigenvalue weighted by molar-refractivity contribution is -0.122. The number of nitrogens with two attached hydrogens (primary N) is 1. The topological polar surface area (TPSA) is 55.1 Å². The molecule has 5 heteroatoms. The van der Waals surface area contributed by atoms with Crippen molar-refractivity contribution in [3.8, 4) is 0 Å². The second kappa shape index (κ2) is 7.06. The molecule has 0 aliphatic rings. The maximum atomic E-state index is 12.9. The van der Waals surface area contributed by atoms with E-state index >= 15 is 0 Å². The molecule has 1 aromatic carbocycles. The van der Waals surface area contributed by atoms with Crippen LogP contribution in [0.5, 0.6) is 0 Å². The highest BCUT2D eigenvalue weighted by molar-refractivity contribution is 5.81. The van der Waals surface area contributed by atoms with Crippen LogP contribution in [0.25, 0.3) is 0 Å². The fraction of sp³-hybridized carbons (Fsp3) is 0.462. The normalized spacial score (nSPS) is 12.2. The van der Waals surface area contributed by atoms with E-state index in [0.29, 0.717) is 24.9 Å². The van der Waals surface area contributed by atoms with Crippen molar-refractivity contribution in [1.29, 1.82) is 0 Å². The van der Waals surface area contributed by atoms with Gasteiger partial charge < -0.3 is 11.1 Å². The molecule has 3 N–H and O–H groups in total. The van der Waals surface area contributed by atoms with Crippen LogP contribution in [0.2, 0.25) is 0 Å². The molecule has 1 atom stereocenters. The van der Waals surface area contributed by atoms with E-state index in [1.807, 2.05) is 6.92 Å². The monoisotopic (exact) mass is 256 g/mol. The van der Waals surface area contributed by atoms with Crippen molar-refractivity contribution in [3.63, 3.8) is 0 Å². The Hall–Kier alpha value is -1.49. The van der Waals surface area contributed by atoms with Crippen LogP contribution < -0.4 is 11.1 Å². The third kappa shape index (κ3) is 4.79. The number of carbonyl (C=O) groups excluding carboxylic acids is 1. The number of amides is 1. The first-order valence-corrected chi connectivity index (χ1v) is 6.01. The molecular formula is C13H18F2N2O. The number of nitrogens with one attached hydrogen (secondary N) is 1. The van der Waals surface area contributed by atoms with Gasteiger partial charge in [0, 0.05) is 12.6 Å². The molecule has 1 aromatic rings. The van der Waals surface area contributed by atoms with Crippen LogP contribution in [-0.2, 0) is 11.2 Å². The molecule has 1 unspecified atom stereocenters. The third-order valence-corrected chi connectivity index (χ3v) is 2.57. The summed E-state index contributed by atoms with van der Waals surface area (Å²) in [6, 6.07) is 2.81. The van der Waals surface area contributed by atoms with Crippen molar-refractivity contribution < 1.29 is 13.6 Å². The summed E-state index contributed by atoms with van der Waals surface area (Å²) in [6.07, 6.45) is 1.84. The summed E-state index contributed by atoms with van der Waals surface area (Å²) < 4.78 is 25.8. The number of hydrogen-bond acceptors (Lipinski definition) is 2. The number of carbonyl (C=O) groups is 1. The van der Waals surface area contributed by atoms with E-state index in [4.69, 9.17) is 5.73 Å². The summed E-state index contributed by atoms with van der Waals surface area (Å²) in [5.41, 5.74) is 6.13. The predicted octanol–water partition coefficient (Wildman–Crippen LogP) is 1.75. The molecule has 0 aromatic heterocycles. The Labute approximate surface area is 105 Å². The molecule has 0 bridgehead atoms. The summed E-state index contributed by atoms with van der Waals surface area (Å²) in [7, 11) is 0. The Bertz CT molecular complexity index is 390. The zero-order chi connectivity index (χ0) is 13.5. The third-order valence-electron chi connectivity index (χ3n) is 2.57. The molecule has 0 spiro atoms. The van der Waals surface area contributed by atoms with E-state index in [-0.39, 0.29) is 5.91 Å². The molecule has 0 saturated heterocycles. The van der Waals surface area contributed by atoms with Crippen LogP contribution in [0.4, 0.5) is 8.78 Å². The fourth-order valence-electron chi connectivity index (χ4n) is 1.66. The van der Waals surface area contributed by atoms with E-state index in [1.54, 1.807) is 0 Å². The maximum Gasteiger partial charge on any atom is 0.236 e. The van der Waals surface area contributed by atoms with Gasteiger partial charge in [-0.25, -0.2) is 8.78 Å². The van der Waals surface area contributed by atoms with Crippen LogP contribution in [-0.4, -0.2) is 18.5 Å². The highest BCUT2D eigenvalue weighted by atomic mass is 19.1. The van der Waals surface area contributed by atoms with Crippen LogP contribution >= 0.6 is 0 Å². The summed E-state index contributed by atoms with van der Waals surface area (Å²) >= 11 is 0. The van der Waals surface area contributed by atoms with Crippen LogP contribution in [0.15, 0.2) is 18.2 Å². The zero-order valence-electron chi connectivity index (χ0n) is 10.4. The summed E-state index contributed by atoms with van der Waals surface area (Å²) in [5, 5.41) is 2.65. The quantitative estimate of drug-likeness (QED) is 0.814. The standard InChI is InChI=1S/C13H18F2N2O/c1-2-3-12(16)13(18)17-5-4-9-6-10(14)8-11(15)7-9/h6-8,12H,2-5,16H2,1H3,(H,17,18). The highest BCUT2D eigenvalue weighted by Crippen LogP contribution is 2.08. The number of benzene rings is 1. The first-order valence-electron chi connectivity index (χ1n) is 6.01. The Morgan fingerprint density at radius 3 is 2.50 bits per heavy atom. The molecule has 0 fully saturated rings. The Kier molecular flexibility index (Phi) is 5.71. The molecule has 3 nitrogen and oxygen atoms in total. The van der Waals surface area contributed by atoms with Gasteiger partial charge >= 0.3 is 0 Å². The van der Waals surface area contributed by atoms with Gasteiger partial charge in [-0.1, -0.05) is 13.3 Å². The Morgan fingerprint density at radius 2 is 1.94 bits per heavy atom. The van der Waals surface area contributed by atoms with E-state index in [9.17, 15) is 13.6 Å². The Morgan fingerprint density at radius 1 is 1.33 bits per heavy atom. The lowest BCUT2D eigenvalue weighted by Gasteiger charge is -2.11. The van der Waals surface area contributed by atoms with Gasteiger partial charge in [-0.2, -0.15) is 0 Å². The summed E-state index contributed by atoms with van der Waals surface area (Å²) in [4.78, 5) is 11.5. The number of hydrogen-bond donors (Lipinski definition) is 2. The average molecular weight is 256 g/mol. The van der Waals surface area contributed by atoms with Crippen molar-refractivity contribution >= 4 is 5.91 Å². The van der Waals surface area contributed by atoms with Crippen molar-refractivity contribution in [1.82, 2.24) is 5.32 Å². The van der Waals surface area contributed by atoms with E-state index in [0.717, 1.165) is 12.5 Å². The van der Waals surface area contributed by atoms with Gasteiger partial charge in [0.2, 0.25) is 5.91 Å². The summed E-state index contributed by atoms with van der Waals surface area (Å²) in [5.74, 6) is -1.45.